The molecule has 0 bridgehead atoms. The number of hydrogen-bond acceptors (Lipinski definition) is 5. The van der Waals surface area contributed by atoms with Crippen molar-refractivity contribution >= 4 is 11.8 Å². The quantitative estimate of drug-likeness (QED) is 0.826. The summed E-state index contributed by atoms with van der Waals surface area (Å²) in [6.45, 7) is 5.06. The van der Waals surface area contributed by atoms with Gasteiger partial charge in [-0.1, -0.05) is 0 Å². The second kappa shape index (κ2) is 7.31. The monoisotopic (exact) mass is 305 g/mol. The van der Waals surface area contributed by atoms with Crippen LogP contribution in [0.15, 0.2) is 18.5 Å². The van der Waals surface area contributed by atoms with Gasteiger partial charge in [0, 0.05) is 31.5 Å². The van der Waals surface area contributed by atoms with Crippen LogP contribution < -0.4 is 11.1 Å². The van der Waals surface area contributed by atoms with E-state index < -0.39 is 6.04 Å². The number of carbonyl (C=O) groups is 2. The number of rotatable bonds is 4. The van der Waals surface area contributed by atoms with Gasteiger partial charge in [-0.25, -0.2) is 9.97 Å². The molecule has 1 aromatic rings. The highest BCUT2D eigenvalue weighted by Crippen LogP contribution is 2.21. The van der Waals surface area contributed by atoms with Crippen molar-refractivity contribution in [1.29, 1.82) is 0 Å². The van der Waals surface area contributed by atoms with Gasteiger partial charge in [0.25, 0.3) is 5.91 Å². The summed E-state index contributed by atoms with van der Waals surface area (Å²) in [5.74, 6) is 0.249. The fourth-order valence-corrected chi connectivity index (χ4v) is 2.71. The molecule has 1 aliphatic rings. The first-order valence-corrected chi connectivity index (χ1v) is 7.61. The van der Waals surface area contributed by atoms with E-state index >= 15 is 0 Å². The zero-order valence-electron chi connectivity index (χ0n) is 13.0. The lowest BCUT2D eigenvalue weighted by Crippen LogP contribution is -2.49. The average Bonchev–Trinajstić information content (AvgIpc) is 2.55. The normalized spacial score (nSPS) is 18.6. The number of likely N-dealkylation sites (tertiary alicyclic amines) is 1. The van der Waals surface area contributed by atoms with Crippen LogP contribution in [-0.4, -0.2) is 51.9 Å². The fourth-order valence-electron chi connectivity index (χ4n) is 2.71. The van der Waals surface area contributed by atoms with Crippen molar-refractivity contribution in [3.63, 3.8) is 0 Å². The molecule has 3 N–H and O–H groups in total. The number of nitrogens with zero attached hydrogens (tertiary/aromatic N) is 3. The molecular formula is C15H23N5O2. The van der Waals surface area contributed by atoms with Gasteiger partial charge < -0.3 is 16.0 Å². The van der Waals surface area contributed by atoms with Crippen LogP contribution in [-0.2, 0) is 4.79 Å². The standard InChI is InChI=1S/C15H23N5O2/c1-10(16)15(22)20-8-4-12(5-9-20)11(2)19-14(21)13-17-6-3-7-18-13/h3,6-7,10-12H,4-5,8-9,16H2,1-2H3,(H,19,21). The minimum atomic E-state index is -0.455. The molecule has 2 amide bonds. The molecule has 120 valence electrons. The Hall–Kier alpha value is -2.02. The van der Waals surface area contributed by atoms with E-state index in [1.54, 1.807) is 30.3 Å². The SMILES string of the molecule is CC(N)C(=O)N1CCC(C(C)NC(=O)c2ncccn2)CC1. The molecule has 22 heavy (non-hydrogen) atoms. The number of aromatic nitrogens is 2. The van der Waals surface area contributed by atoms with Crippen LogP contribution in [0.5, 0.6) is 0 Å². The number of hydrogen-bond donors (Lipinski definition) is 2. The van der Waals surface area contributed by atoms with E-state index in [9.17, 15) is 9.59 Å². The Kier molecular flexibility index (Phi) is 5.43. The predicted molar refractivity (Wildman–Crippen MR) is 81.9 cm³/mol. The van der Waals surface area contributed by atoms with E-state index in [0.717, 1.165) is 12.8 Å². The smallest absolute Gasteiger partial charge is 0.289 e. The Balaban J connectivity index is 1.84. The molecule has 2 rings (SSSR count). The summed E-state index contributed by atoms with van der Waals surface area (Å²) in [6.07, 6.45) is 4.81. The zero-order chi connectivity index (χ0) is 16.1. The van der Waals surface area contributed by atoms with Gasteiger partial charge in [-0.2, -0.15) is 0 Å². The van der Waals surface area contributed by atoms with E-state index in [-0.39, 0.29) is 23.7 Å². The first-order valence-electron chi connectivity index (χ1n) is 7.61. The molecule has 0 aliphatic carbocycles. The summed E-state index contributed by atoms with van der Waals surface area (Å²) < 4.78 is 0. The molecule has 2 heterocycles. The lowest BCUT2D eigenvalue weighted by Gasteiger charge is -2.35. The summed E-state index contributed by atoms with van der Waals surface area (Å²) in [6, 6.07) is 1.23. The van der Waals surface area contributed by atoms with Gasteiger partial charge in [0.1, 0.15) is 0 Å². The number of amides is 2. The van der Waals surface area contributed by atoms with Crippen molar-refractivity contribution in [2.75, 3.05) is 13.1 Å². The molecule has 0 aromatic carbocycles. The van der Waals surface area contributed by atoms with Gasteiger partial charge in [-0.15, -0.1) is 0 Å². The maximum atomic E-state index is 12.0. The molecule has 1 aromatic heterocycles. The van der Waals surface area contributed by atoms with Gasteiger partial charge in [-0.05, 0) is 38.7 Å². The van der Waals surface area contributed by atoms with Gasteiger partial charge in [-0.3, -0.25) is 9.59 Å². The number of nitrogens with two attached hydrogens (primary N) is 1. The number of piperidine rings is 1. The van der Waals surface area contributed by atoms with Crippen LogP contribution in [0.1, 0.15) is 37.3 Å². The highest BCUT2D eigenvalue weighted by molar-refractivity contribution is 5.90. The Labute approximate surface area is 130 Å². The summed E-state index contributed by atoms with van der Waals surface area (Å²) in [5, 5.41) is 2.94. The van der Waals surface area contributed by atoms with Crippen molar-refractivity contribution < 1.29 is 9.59 Å². The molecule has 0 radical (unpaired) electrons. The molecule has 7 heteroatoms. The third-order valence-electron chi connectivity index (χ3n) is 4.08. The summed E-state index contributed by atoms with van der Waals surface area (Å²) in [7, 11) is 0. The van der Waals surface area contributed by atoms with Crippen molar-refractivity contribution in [2.45, 2.75) is 38.8 Å². The van der Waals surface area contributed by atoms with E-state index in [0.29, 0.717) is 19.0 Å². The van der Waals surface area contributed by atoms with Crippen LogP contribution in [0.3, 0.4) is 0 Å². The van der Waals surface area contributed by atoms with Crippen molar-refractivity contribution in [3.05, 3.63) is 24.3 Å². The molecule has 1 fully saturated rings. The van der Waals surface area contributed by atoms with E-state index in [1.807, 2.05) is 6.92 Å². The van der Waals surface area contributed by atoms with Gasteiger partial charge in [0.2, 0.25) is 11.7 Å². The summed E-state index contributed by atoms with van der Waals surface area (Å²) in [5.41, 5.74) is 5.63. The predicted octanol–water partition coefficient (Wildman–Crippen LogP) is 0.181. The van der Waals surface area contributed by atoms with Crippen LogP contribution in [0.25, 0.3) is 0 Å². The minimum Gasteiger partial charge on any atom is -0.347 e. The third-order valence-corrected chi connectivity index (χ3v) is 4.08. The summed E-state index contributed by atoms with van der Waals surface area (Å²) >= 11 is 0. The summed E-state index contributed by atoms with van der Waals surface area (Å²) in [4.78, 5) is 33.6. The van der Waals surface area contributed by atoms with Crippen LogP contribution in [0.4, 0.5) is 0 Å². The Morgan fingerprint density at radius 2 is 1.86 bits per heavy atom. The molecule has 1 saturated heterocycles. The second-order valence-corrected chi connectivity index (χ2v) is 5.79. The topological polar surface area (TPSA) is 101 Å². The first-order chi connectivity index (χ1) is 10.5. The minimum absolute atomic E-state index is 0.00664. The maximum Gasteiger partial charge on any atom is 0.289 e. The Morgan fingerprint density at radius 3 is 2.41 bits per heavy atom. The lowest BCUT2D eigenvalue weighted by atomic mass is 9.90. The molecular weight excluding hydrogens is 282 g/mol. The van der Waals surface area contributed by atoms with Crippen LogP contribution in [0, 0.1) is 5.92 Å². The zero-order valence-corrected chi connectivity index (χ0v) is 13.0. The molecule has 2 atom stereocenters. The third kappa shape index (κ3) is 4.00. The number of nitrogens with one attached hydrogen (secondary N) is 1. The highest BCUT2D eigenvalue weighted by atomic mass is 16.2. The fraction of sp³-hybridized carbons (Fsp3) is 0.600. The molecule has 0 spiro atoms. The van der Waals surface area contributed by atoms with E-state index in [2.05, 4.69) is 15.3 Å². The van der Waals surface area contributed by atoms with Crippen molar-refractivity contribution in [1.82, 2.24) is 20.2 Å². The van der Waals surface area contributed by atoms with E-state index in [4.69, 9.17) is 5.73 Å². The van der Waals surface area contributed by atoms with Crippen molar-refractivity contribution in [3.8, 4) is 0 Å². The van der Waals surface area contributed by atoms with Crippen LogP contribution in [0.2, 0.25) is 0 Å². The van der Waals surface area contributed by atoms with Crippen molar-refractivity contribution in [2.24, 2.45) is 11.7 Å². The molecule has 1 aliphatic heterocycles. The van der Waals surface area contributed by atoms with E-state index in [1.165, 1.54) is 0 Å². The van der Waals surface area contributed by atoms with Gasteiger partial charge >= 0.3 is 0 Å². The molecule has 0 saturated carbocycles. The molecule has 2 unspecified atom stereocenters. The van der Waals surface area contributed by atoms with Crippen LogP contribution >= 0.6 is 0 Å². The van der Waals surface area contributed by atoms with Gasteiger partial charge in [0.15, 0.2) is 0 Å². The lowest BCUT2D eigenvalue weighted by molar-refractivity contribution is -0.133. The highest BCUT2D eigenvalue weighted by Gasteiger charge is 2.28. The average molecular weight is 305 g/mol. The maximum absolute atomic E-state index is 12.0. The Morgan fingerprint density at radius 1 is 1.27 bits per heavy atom. The second-order valence-electron chi connectivity index (χ2n) is 5.79. The number of carbonyl (C=O) groups excluding carboxylic acids is 2. The first kappa shape index (κ1) is 16.4. The van der Waals surface area contributed by atoms with Gasteiger partial charge in [0.05, 0.1) is 6.04 Å². The largest absolute Gasteiger partial charge is 0.347 e. The Bertz CT molecular complexity index is 512. The molecule has 7 nitrogen and oxygen atoms in total.